The molecule has 1 aliphatic heterocycles. The fourth-order valence-electron chi connectivity index (χ4n) is 6.07. The predicted molar refractivity (Wildman–Crippen MR) is 194 cm³/mol. The van der Waals surface area contributed by atoms with E-state index < -0.39 is 0 Å². The lowest BCUT2D eigenvalue weighted by molar-refractivity contribution is -0.122. The molecule has 4 bridgehead atoms. The van der Waals surface area contributed by atoms with Crippen LogP contribution in [0.25, 0.3) is 21.5 Å². The lowest BCUT2D eigenvalue weighted by atomic mass is 9.92. The van der Waals surface area contributed by atoms with Crippen LogP contribution in [0.2, 0.25) is 0 Å². The fraction of sp³-hybridized carbons (Fsp3) is 0.400. The van der Waals surface area contributed by atoms with Crippen LogP contribution in [-0.4, -0.2) is 74.8 Å². The van der Waals surface area contributed by atoms with E-state index in [9.17, 15) is 19.8 Å². The van der Waals surface area contributed by atoms with Crippen LogP contribution in [0, 0.1) is 0 Å². The second-order valence-electron chi connectivity index (χ2n) is 12.5. The van der Waals surface area contributed by atoms with Gasteiger partial charge in [-0.3, -0.25) is 9.59 Å². The molecule has 266 valence electrons. The first-order valence-corrected chi connectivity index (χ1v) is 17.5. The third-order valence-corrected chi connectivity index (χ3v) is 8.66. The van der Waals surface area contributed by atoms with Gasteiger partial charge in [0.1, 0.15) is 0 Å². The summed E-state index contributed by atoms with van der Waals surface area (Å²) in [6.45, 7) is 7.45. The minimum absolute atomic E-state index is 0.0544. The van der Waals surface area contributed by atoms with Crippen molar-refractivity contribution in [1.82, 2.24) is 10.6 Å². The second-order valence-corrected chi connectivity index (χ2v) is 12.5. The molecule has 4 aromatic carbocycles. The number of aromatic hydroxyl groups is 2. The number of fused-ring (bicyclic) bond motifs is 8. The van der Waals surface area contributed by atoms with Crippen LogP contribution in [0.4, 0.5) is 0 Å². The van der Waals surface area contributed by atoms with E-state index in [0.29, 0.717) is 127 Å². The molecule has 4 N–H and O–H groups in total. The first-order chi connectivity index (χ1) is 24.4. The molecular weight excluding hydrogens is 636 g/mol. The van der Waals surface area contributed by atoms with Crippen LogP contribution in [0.3, 0.4) is 0 Å². The average molecular weight is 685 g/mol. The normalized spacial score (nSPS) is 17.5. The number of nitrogens with one attached hydrogen (secondary N) is 2. The van der Waals surface area contributed by atoms with Crippen molar-refractivity contribution >= 4 is 33.4 Å². The fourth-order valence-corrected chi connectivity index (χ4v) is 6.07. The van der Waals surface area contributed by atoms with Crippen LogP contribution in [0.1, 0.15) is 49.7 Å². The van der Waals surface area contributed by atoms with Crippen molar-refractivity contribution in [1.29, 1.82) is 0 Å². The van der Waals surface area contributed by atoms with E-state index >= 15 is 0 Å². The maximum absolute atomic E-state index is 12.3. The zero-order valence-corrected chi connectivity index (χ0v) is 28.6. The maximum Gasteiger partial charge on any atom is 0.220 e. The van der Waals surface area contributed by atoms with Gasteiger partial charge in [0, 0.05) is 37.1 Å². The molecule has 0 saturated heterocycles. The Bertz CT molecular complexity index is 1640. The van der Waals surface area contributed by atoms with E-state index in [1.807, 2.05) is 60.7 Å². The largest absolute Gasteiger partial charge is 0.504 e. The number of carbonyl (C=O) groups excluding carboxylic acids is 2. The SMILES string of the molecule is C=C1Cc2c(O)c(cc3ccccc23)OCCCCC(=O)NCCOCCOCCNC(=O)CCCCOc2cc3ccccc3c(c2O)C1. The molecule has 10 heteroatoms. The van der Waals surface area contributed by atoms with Crippen molar-refractivity contribution in [2.45, 2.75) is 51.4 Å². The molecule has 0 saturated carbocycles. The van der Waals surface area contributed by atoms with Gasteiger partial charge in [-0.2, -0.15) is 0 Å². The quantitative estimate of drug-likeness (QED) is 0.163. The molecule has 2 amide bonds. The number of benzene rings is 4. The van der Waals surface area contributed by atoms with Crippen molar-refractivity contribution in [2.24, 2.45) is 0 Å². The van der Waals surface area contributed by atoms with E-state index in [1.54, 1.807) is 0 Å². The van der Waals surface area contributed by atoms with Gasteiger partial charge in [0.05, 0.1) is 39.6 Å². The summed E-state index contributed by atoms with van der Waals surface area (Å²) in [7, 11) is 0. The Morgan fingerprint density at radius 3 is 1.48 bits per heavy atom. The van der Waals surface area contributed by atoms with Gasteiger partial charge in [-0.15, -0.1) is 0 Å². The molecule has 0 radical (unpaired) electrons. The predicted octanol–water partition coefficient (Wildman–Crippen LogP) is 6.12. The Kier molecular flexibility index (Phi) is 13.7. The molecule has 0 spiro atoms. The summed E-state index contributed by atoms with van der Waals surface area (Å²) in [4.78, 5) is 24.5. The number of hydrogen-bond acceptors (Lipinski definition) is 8. The number of allylic oxidation sites excluding steroid dienone is 1. The minimum atomic E-state index is -0.0544. The van der Waals surface area contributed by atoms with Gasteiger partial charge in [0.25, 0.3) is 0 Å². The lowest BCUT2D eigenvalue weighted by Crippen LogP contribution is -2.28. The summed E-state index contributed by atoms with van der Waals surface area (Å²) < 4.78 is 23.1. The van der Waals surface area contributed by atoms with Gasteiger partial charge in [0.2, 0.25) is 11.8 Å². The highest BCUT2D eigenvalue weighted by molar-refractivity contribution is 5.91. The van der Waals surface area contributed by atoms with E-state index in [1.165, 1.54) is 0 Å². The molecule has 50 heavy (non-hydrogen) atoms. The van der Waals surface area contributed by atoms with Gasteiger partial charge >= 0.3 is 0 Å². The molecule has 1 heterocycles. The van der Waals surface area contributed by atoms with Crippen molar-refractivity contribution in [2.75, 3.05) is 52.7 Å². The highest BCUT2D eigenvalue weighted by Gasteiger charge is 2.19. The molecule has 0 fully saturated rings. The summed E-state index contributed by atoms with van der Waals surface area (Å²) in [6, 6.07) is 19.3. The van der Waals surface area contributed by atoms with Gasteiger partial charge in [-0.05, 0) is 72.2 Å². The Morgan fingerprint density at radius 2 is 1.02 bits per heavy atom. The van der Waals surface area contributed by atoms with E-state index in [2.05, 4.69) is 17.2 Å². The van der Waals surface area contributed by atoms with Crippen molar-refractivity contribution in [3.05, 3.63) is 83.9 Å². The van der Waals surface area contributed by atoms with Gasteiger partial charge in [-0.1, -0.05) is 60.7 Å². The van der Waals surface area contributed by atoms with Crippen molar-refractivity contribution in [3.8, 4) is 23.0 Å². The molecule has 5 rings (SSSR count). The third kappa shape index (κ3) is 10.4. The Morgan fingerprint density at radius 1 is 0.580 bits per heavy atom. The average Bonchev–Trinajstić information content (AvgIpc) is 3.11. The number of ether oxygens (including phenoxy) is 4. The number of hydrogen-bond donors (Lipinski definition) is 4. The highest BCUT2D eigenvalue weighted by Crippen LogP contribution is 2.41. The molecule has 10 nitrogen and oxygen atoms in total. The summed E-state index contributed by atoms with van der Waals surface area (Å²) in [6.07, 6.45) is 3.99. The molecule has 0 aliphatic carbocycles. The van der Waals surface area contributed by atoms with Crippen molar-refractivity contribution in [3.63, 3.8) is 0 Å². The number of amides is 2. The molecule has 0 unspecified atom stereocenters. The first-order valence-electron chi connectivity index (χ1n) is 17.5. The van der Waals surface area contributed by atoms with Crippen LogP contribution in [-0.2, 0) is 31.9 Å². The first kappa shape index (κ1) is 36.5. The second kappa shape index (κ2) is 18.8. The maximum atomic E-state index is 12.3. The molecule has 1 aliphatic rings. The third-order valence-electron chi connectivity index (χ3n) is 8.66. The summed E-state index contributed by atoms with van der Waals surface area (Å²) >= 11 is 0. The Labute approximate surface area is 293 Å². The standard InChI is InChI=1S/C40H48N2O8/c1-28-24-33-31-12-4-2-10-29(31)26-35(39(33)45)49-18-8-6-14-37(43)41-16-20-47-22-23-48-21-17-42-38(44)15-7-9-19-50-36-27-30-11-3-5-13-32(30)34(25-28)40(36)46/h2-5,10-13,26-27,45-46H,1,6-9,14-25H2,(H,41,43)(H,42,44). The van der Waals surface area contributed by atoms with Crippen LogP contribution >= 0.6 is 0 Å². The lowest BCUT2D eigenvalue weighted by Gasteiger charge is -2.18. The van der Waals surface area contributed by atoms with E-state index in [0.717, 1.165) is 27.1 Å². The topological polar surface area (TPSA) is 136 Å². The molecule has 4 aromatic rings. The monoisotopic (exact) mass is 684 g/mol. The van der Waals surface area contributed by atoms with Gasteiger partial charge in [-0.25, -0.2) is 0 Å². The number of carbonyl (C=O) groups is 2. The summed E-state index contributed by atoms with van der Waals surface area (Å²) in [5.74, 6) is 0.774. The van der Waals surface area contributed by atoms with Crippen LogP contribution in [0.15, 0.2) is 72.8 Å². The molecule has 0 aromatic heterocycles. The Balaban J connectivity index is 1.33. The molecule has 0 atom stereocenters. The number of phenolic OH excluding ortho intramolecular Hbond substituents is 2. The smallest absolute Gasteiger partial charge is 0.220 e. The summed E-state index contributed by atoms with van der Waals surface area (Å²) in [5.41, 5.74) is 2.20. The number of phenols is 2. The Hall–Kier alpha value is -4.80. The summed E-state index contributed by atoms with van der Waals surface area (Å²) in [5, 5.41) is 32.3. The van der Waals surface area contributed by atoms with Crippen LogP contribution in [0.5, 0.6) is 23.0 Å². The van der Waals surface area contributed by atoms with Gasteiger partial charge in [0.15, 0.2) is 23.0 Å². The van der Waals surface area contributed by atoms with Gasteiger partial charge < -0.3 is 39.8 Å². The minimum Gasteiger partial charge on any atom is -0.504 e. The van der Waals surface area contributed by atoms with E-state index in [4.69, 9.17) is 18.9 Å². The zero-order valence-electron chi connectivity index (χ0n) is 28.6. The zero-order chi connectivity index (χ0) is 35.1. The number of rotatable bonds is 0. The van der Waals surface area contributed by atoms with Crippen molar-refractivity contribution < 1.29 is 38.7 Å². The van der Waals surface area contributed by atoms with E-state index in [-0.39, 0.29) is 23.3 Å². The highest BCUT2D eigenvalue weighted by atomic mass is 16.5. The molecular formula is C40H48N2O8. The van der Waals surface area contributed by atoms with Crippen LogP contribution < -0.4 is 20.1 Å².